The van der Waals surface area contributed by atoms with Crippen molar-refractivity contribution in [3.8, 4) is 11.5 Å². The Balaban J connectivity index is 1.77. The summed E-state index contributed by atoms with van der Waals surface area (Å²) in [5.41, 5.74) is 8.42. The molecule has 34 heavy (non-hydrogen) atoms. The minimum atomic E-state index is -4.39. The molecule has 0 aliphatic heterocycles. The van der Waals surface area contributed by atoms with Gasteiger partial charge in [-0.1, -0.05) is 48.5 Å². The molecule has 8 nitrogen and oxygen atoms in total. The molecule has 0 saturated heterocycles. The van der Waals surface area contributed by atoms with Crippen molar-refractivity contribution in [1.29, 1.82) is 0 Å². The van der Waals surface area contributed by atoms with Crippen molar-refractivity contribution >= 4 is 27.7 Å². The Morgan fingerprint density at radius 3 is 2.06 bits per heavy atom. The highest BCUT2D eigenvalue weighted by Gasteiger charge is 2.37. The van der Waals surface area contributed by atoms with Crippen LogP contribution in [0.4, 0.5) is 0 Å². The predicted octanol–water partition coefficient (Wildman–Crippen LogP) is 3.69. The molecule has 0 saturated carbocycles. The molecule has 2 N–H and O–H groups in total. The Labute approximate surface area is 196 Å². The quantitative estimate of drug-likeness (QED) is 0.316. The monoisotopic (exact) mass is 476 g/mol. The number of hydrogen-bond donors (Lipinski definition) is 2. The third kappa shape index (κ3) is 3.92. The van der Waals surface area contributed by atoms with E-state index in [1.807, 2.05) is 0 Å². The zero-order valence-electron chi connectivity index (χ0n) is 18.0. The van der Waals surface area contributed by atoms with Gasteiger partial charge in [0.25, 0.3) is 15.9 Å². The standard InChI is InChI=1S/C25H20N2O6S/c1-25(18-8-2-4-10-21(18)28,19-9-3-5-11-22(19)29)15-33-34(31,32)23-12-6-7-17-16(23)13-14-20(27-26)24(17)30/h2-14,28-29H,15H2,1H3. The number of hydrogen-bond acceptors (Lipinski definition) is 6. The summed E-state index contributed by atoms with van der Waals surface area (Å²) < 4.78 is 32.0. The minimum absolute atomic E-state index is 0.0594. The number of aromatic hydroxyl groups is 2. The maximum Gasteiger partial charge on any atom is 0.362 e. The van der Waals surface area contributed by atoms with E-state index in [0.29, 0.717) is 11.1 Å². The maximum absolute atomic E-state index is 13.3. The van der Waals surface area contributed by atoms with E-state index in [1.54, 1.807) is 43.3 Å². The second-order valence-electron chi connectivity index (χ2n) is 7.95. The van der Waals surface area contributed by atoms with Gasteiger partial charge in [-0.15, -0.1) is 0 Å². The van der Waals surface area contributed by atoms with Crippen molar-refractivity contribution in [2.45, 2.75) is 17.2 Å². The van der Waals surface area contributed by atoms with Crippen molar-refractivity contribution in [1.82, 2.24) is 0 Å². The van der Waals surface area contributed by atoms with E-state index in [1.165, 1.54) is 42.5 Å². The first-order valence-electron chi connectivity index (χ1n) is 10.2. The zero-order valence-corrected chi connectivity index (χ0v) is 18.9. The van der Waals surface area contributed by atoms with Crippen LogP contribution in [0.1, 0.15) is 34.0 Å². The lowest BCUT2D eigenvalue weighted by atomic mass is 9.76. The minimum Gasteiger partial charge on any atom is -0.508 e. The molecule has 1 aliphatic rings. The lowest BCUT2D eigenvalue weighted by molar-refractivity contribution is -0.00436. The van der Waals surface area contributed by atoms with Gasteiger partial charge in [-0.3, -0.25) is 8.98 Å². The fourth-order valence-electron chi connectivity index (χ4n) is 4.03. The van der Waals surface area contributed by atoms with E-state index in [9.17, 15) is 23.4 Å². The Morgan fingerprint density at radius 1 is 0.912 bits per heavy atom. The third-order valence-electron chi connectivity index (χ3n) is 5.83. The number of phenolic OH excluding ortho intramolecular Hbond substituents is 2. The Hall–Kier alpha value is -4.04. The Bertz CT molecular complexity index is 1440. The zero-order chi connectivity index (χ0) is 24.5. The van der Waals surface area contributed by atoms with Crippen LogP contribution in [0.15, 0.2) is 77.7 Å². The molecule has 0 unspecified atom stereocenters. The number of fused-ring (bicyclic) bond motifs is 1. The smallest absolute Gasteiger partial charge is 0.362 e. The molecule has 0 amide bonds. The number of carbonyl (C=O) groups is 1. The van der Waals surface area contributed by atoms with Crippen molar-refractivity contribution < 1.29 is 32.4 Å². The molecule has 4 rings (SSSR count). The normalized spacial score (nSPS) is 13.4. The van der Waals surface area contributed by atoms with Gasteiger partial charge < -0.3 is 15.7 Å². The van der Waals surface area contributed by atoms with E-state index in [4.69, 9.17) is 9.71 Å². The summed E-state index contributed by atoms with van der Waals surface area (Å²) in [5, 5.41) is 21.0. The van der Waals surface area contributed by atoms with Crippen LogP contribution in [0, 0.1) is 0 Å². The first-order valence-corrected chi connectivity index (χ1v) is 11.6. The highest BCUT2D eigenvalue weighted by atomic mass is 32.2. The molecule has 0 spiro atoms. The number of ketones is 1. The van der Waals surface area contributed by atoms with Gasteiger partial charge in [0.15, 0.2) is 0 Å². The summed E-state index contributed by atoms with van der Waals surface area (Å²) in [7, 11) is -4.39. The summed E-state index contributed by atoms with van der Waals surface area (Å²) in [4.78, 5) is 15.1. The average molecular weight is 477 g/mol. The van der Waals surface area contributed by atoms with Gasteiger partial charge >= 0.3 is 5.71 Å². The SMILES string of the molecule is CC(COS(=O)(=O)c1cccc2c1C=CC(=[N+]=[N-])C2=O)(c1ccccc1O)c1ccccc1O. The summed E-state index contributed by atoms with van der Waals surface area (Å²) in [6.45, 7) is 1.20. The Morgan fingerprint density at radius 2 is 1.50 bits per heavy atom. The van der Waals surface area contributed by atoms with E-state index < -0.39 is 27.9 Å². The lowest BCUT2D eigenvalue weighted by Crippen LogP contribution is -2.32. The van der Waals surface area contributed by atoms with Crippen LogP contribution in [0.2, 0.25) is 0 Å². The van der Waals surface area contributed by atoms with Gasteiger partial charge in [0.1, 0.15) is 16.4 Å². The molecule has 1 aliphatic carbocycles. The van der Waals surface area contributed by atoms with Crippen molar-refractivity contribution in [3.63, 3.8) is 0 Å². The molecule has 3 aromatic rings. The highest BCUT2D eigenvalue weighted by Crippen LogP contribution is 2.41. The van der Waals surface area contributed by atoms with Crippen LogP contribution in [0.25, 0.3) is 11.6 Å². The molecule has 172 valence electrons. The van der Waals surface area contributed by atoms with Crippen molar-refractivity contribution in [2.24, 2.45) is 0 Å². The molecule has 0 aromatic heterocycles. The summed E-state index contributed by atoms with van der Waals surface area (Å²) >= 11 is 0. The molecule has 9 heteroatoms. The van der Waals surface area contributed by atoms with Crippen LogP contribution in [-0.4, -0.2) is 41.5 Å². The summed E-state index contributed by atoms with van der Waals surface area (Å²) in [5.74, 6) is -0.795. The number of rotatable bonds is 6. The Kier molecular flexibility index (Phi) is 5.93. The van der Waals surface area contributed by atoms with Crippen molar-refractivity contribution in [3.05, 3.63) is 101 Å². The summed E-state index contributed by atoms with van der Waals surface area (Å²) in [6.07, 6.45) is 2.59. The van der Waals surface area contributed by atoms with E-state index in [2.05, 4.69) is 4.79 Å². The molecule has 0 bridgehead atoms. The van der Waals surface area contributed by atoms with Crippen molar-refractivity contribution in [2.75, 3.05) is 6.61 Å². The largest absolute Gasteiger partial charge is 0.508 e. The number of phenols is 2. The highest BCUT2D eigenvalue weighted by molar-refractivity contribution is 7.86. The van der Waals surface area contributed by atoms with Crippen LogP contribution in [0.3, 0.4) is 0 Å². The van der Waals surface area contributed by atoms with E-state index in [-0.39, 0.29) is 33.2 Å². The van der Waals surface area contributed by atoms with Crippen LogP contribution in [-0.2, 0) is 19.7 Å². The summed E-state index contributed by atoms with van der Waals surface area (Å²) in [6, 6.07) is 16.9. The number of carbonyl (C=O) groups excluding carboxylic acids is 1. The van der Waals surface area contributed by atoms with Crippen LogP contribution >= 0.6 is 0 Å². The van der Waals surface area contributed by atoms with E-state index >= 15 is 0 Å². The molecular weight excluding hydrogens is 456 g/mol. The molecule has 0 atom stereocenters. The van der Waals surface area contributed by atoms with Gasteiger partial charge in [0.05, 0.1) is 6.61 Å². The van der Waals surface area contributed by atoms with Gasteiger partial charge in [-0.25, -0.2) is 0 Å². The lowest BCUT2D eigenvalue weighted by Gasteiger charge is -2.31. The first kappa shape index (κ1) is 23.1. The fraction of sp³-hybridized carbons (Fsp3) is 0.120. The molecule has 0 fully saturated rings. The number of para-hydroxylation sites is 2. The van der Waals surface area contributed by atoms with Crippen LogP contribution < -0.4 is 0 Å². The topological polar surface area (TPSA) is 137 Å². The fourth-order valence-corrected chi connectivity index (χ4v) is 5.24. The molecule has 0 radical (unpaired) electrons. The second-order valence-corrected chi connectivity index (χ2v) is 9.53. The van der Waals surface area contributed by atoms with Gasteiger partial charge in [0, 0.05) is 33.7 Å². The molecule has 0 heterocycles. The number of nitrogens with zero attached hydrogens (tertiary/aromatic N) is 2. The van der Waals surface area contributed by atoms with E-state index in [0.717, 1.165) is 0 Å². The maximum atomic E-state index is 13.3. The van der Waals surface area contributed by atoms with Gasteiger partial charge in [-0.2, -0.15) is 13.2 Å². The number of Topliss-reactive ketones (excluding diaryl/α,β-unsaturated/α-hetero) is 1. The predicted molar refractivity (Wildman–Crippen MR) is 124 cm³/mol. The molecule has 3 aromatic carbocycles. The molecular formula is C25H20N2O6S. The average Bonchev–Trinajstić information content (AvgIpc) is 2.83. The van der Waals surface area contributed by atoms with Crippen LogP contribution in [0.5, 0.6) is 11.5 Å². The third-order valence-corrected chi connectivity index (χ3v) is 7.15. The van der Waals surface area contributed by atoms with Gasteiger partial charge in [-0.05, 0) is 31.2 Å². The number of benzene rings is 3. The first-order chi connectivity index (χ1) is 16.2. The second kappa shape index (κ2) is 8.72. The number of allylic oxidation sites excluding steroid dienone is 1. The van der Waals surface area contributed by atoms with Gasteiger partial charge in [0.2, 0.25) is 0 Å².